The lowest BCUT2D eigenvalue weighted by molar-refractivity contribution is -0.136. The summed E-state index contributed by atoms with van der Waals surface area (Å²) in [6.45, 7) is 0.0188. The molecule has 20 heavy (non-hydrogen) atoms. The van der Waals surface area contributed by atoms with Crippen molar-refractivity contribution >= 4 is 27.3 Å². The molecule has 0 amide bonds. The Hall–Kier alpha value is -1.78. The number of carboxylic acids is 1. The molecule has 0 aliphatic rings. The molecule has 0 unspecified atom stereocenters. The maximum atomic E-state index is 12.0. The van der Waals surface area contributed by atoms with Crippen LogP contribution < -0.4 is 4.72 Å². The van der Waals surface area contributed by atoms with Crippen molar-refractivity contribution in [2.75, 3.05) is 0 Å². The van der Waals surface area contributed by atoms with Gasteiger partial charge in [-0.25, -0.2) is 13.1 Å². The molecule has 0 spiro atoms. The van der Waals surface area contributed by atoms with Gasteiger partial charge in [-0.05, 0) is 12.1 Å². The normalized spacial score (nSPS) is 11.7. The van der Waals surface area contributed by atoms with Gasteiger partial charge in [0.1, 0.15) is 16.4 Å². The predicted octanol–water partition coefficient (Wildman–Crippen LogP) is -0.0178. The molecule has 10 heteroatoms. The van der Waals surface area contributed by atoms with Gasteiger partial charge < -0.3 is 9.67 Å². The van der Waals surface area contributed by atoms with Gasteiger partial charge in [0.2, 0.25) is 10.0 Å². The number of carboxylic acid groups (broad SMARTS) is 1. The molecule has 108 valence electrons. The van der Waals surface area contributed by atoms with Gasteiger partial charge in [-0.1, -0.05) is 0 Å². The van der Waals surface area contributed by atoms with E-state index < -0.39 is 16.0 Å². The molecule has 0 bridgehead atoms. The molecule has 2 aromatic heterocycles. The van der Waals surface area contributed by atoms with Crippen molar-refractivity contribution in [3.63, 3.8) is 0 Å². The Labute approximate surface area is 119 Å². The maximum Gasteiger partial charge on any atom is 0.308 e. The monoisotopic (exact) mass is 316 g/mol. The minimum atomic E-state index is -3.67. The van der Waals surface area contributed by atoms with E-state index in [1.54, 1.807) is 11.6 Å². The predicted molar refractivity (Wildman–Crippen MR) is 70.7 cm³/mol. The first-order chi connectivity index (χ1) is 9.38. The van der Waals surface area contributed by atoms with Crippen LogP contribution in [0, 0.1) is 0 Å². The fourth-order valence-corrected chi connectivity index (χ4v) is 3.82. The Morgan fingerprint density at radius 3 is 2.85 bits per heavy atom. The van der Waals surface area contributed by atoms with Crippen LogP contribution in [0.3, 0.4) is 0 Å². The molecule has 0 radical (unpaired) electrons. The third kappa shape index (κ3) is 3.40. The molecular formula is C10H12N4O4S2. The molecule has 0 saturated heterocycles. The van der Waals surface area contributed by atoms with Crippen LogP contribution >= 0.6 is 11.3 Å². The van der Waals surface area contributed by atoms with Gasteiger partial charge in [0.25, 0.3) is 0 Å². The summed E-state index contributed by atoms with van der Waals surface area (Å²) in [5, 5.41) is 16.1. The summed E-state index contributed by atoms with van der Waals surface area (Å²) >= 11 is 0.935. The molecule has 0 saturated carbocycles. The first-order valence-electron chi connectivity index (χ1n) is 5.51. The van der Waals surface area contributed by atoms with Crippen molar-refractivity contribution < 1.29 is 18.3 Å². The highest BCUT2D eigenvalue weighted by atomic mass is 32.2. The molecular weight excluding hydrogens is 304 g/mol. The fraction of sp³-hybridized carbons (Fsp3) is 0.300. The number of hydrogen-bond donors (Lipinski definition) is 2. The molecule has 2 heterocycles. The van der Waals surface area contributed by atoms with Crippen LogP contribution in [-0.2, 0) is 34.8 Å². The van der Waals surface area contributed by atoms with E-state index >= 15 is 0 Å². The van der Waals surface area contributed by atoms with Gasteiger partial charge in [0.15, 0.2) is 0 Å². The minimum absolute atomic E-state index is 0.0188. The molecule has 0 atom stereocenters. The largest absolute Gasteiger partial charge is 0.481 e. The second-order valence-electron chi connectivity index (χ2n) is 3.97. The van der Waals surface area contributed by atoms with E-state index in [0.29, 0.717) is 10.7 Å². The highest BCUT2D eigenvalue weighted by molar-refractivity contribution is 7.91. The number of rotatable bonds is 6. The van der Waals surface area contributed by atoms with Crippen molar-refractivity contribution in [3.8, 4) is 0 Å². The van der Waals surface area contributed by atoms with Crippen LogP contribution in [0.1, 0.15) is 10.7 Å². The van der Waals surface area contributed by atoms with Crippen LogP contribution in [0.15, 0.2) is 22.7 Å². The molecule has 0 aliphatic heterocycles. The maximum absolute atomic E-state index is 12.0. The van der Waals surface area contributed by atoms with Gasteiger partial charge in [0.05, 0.1) is 13.0 Å². The molecule has 8 nitrogen and oxygen atoms in total. The van der Waals surface area contributed by atoms with Crippen LogP contribution in [-0.4, -0.2) is 34.3 Å². The van der Waals surface area contributed by atoms with Crippen molar-refractivity contribution in [2.45, 2.75) is 17.2 Å². The van der Waals surface area contributed by atoms with E-state index in [1.165, 1.54) is 18.5 Å². The lowest BCUT2D eigenvalue weighted by atomic mass is 10.3. The lowest BCUT2D eigenvalue weighted by Crippen LogP contribution is -2.24. The summed E-state index contributed by atoms with van der Waals surface area (Å²) in [6, 6.07) is 2.89. The van der Waals surface area contributed by atoms with Crippen LogP contribution in [0.4, 0.5) is 0 Å². The Morgan fingerprint density at radius 1 is 1.50 bits per heavy atom. The summed E-state index contributed by atoms with van der Waals surface area (Å²) in [5.41, 5.74) is 0. The SMILES string of the molecule is Cn1cnnc1CNS(=O)(=O)c1ccc(CC(=O)O)s1. The van der Waals surface area contributed by atoms with Gasteiger partial charge >= 0.3 is 5.97 Å². The van der Waals surface area contributed by atoms with Crippen LogP contribution in [0.5, 0.6) is 0 Å². The van der Waals surface area contributed by atoms with Crippen molar-refractivity contribution in [1.82, 2.24) is 19.5 Å². The Morgan fingerprint density at radius 2 is 2.25 bits per heavy atom. The summed E-state index contributed by atoms with van der Waals surface area (Å²) in [6.07, 6.45) is 1.28. The minimum Gasteiger partial charge on any atom is -0.481 e. The molecule has 0 aromatic carbocycles. The molecule has 2 aromatic rings. The summed E-state index contributed by atoms with van der Waals surface area (Å²) < 4.78 is 28.1. The number of carbonyl (C=O) groups is 1. The first-order valence-corrected chi connectivity index (χ1v) is 7.81. The second-order valence-corrected chi connectivity index (χ2v) is 7.14. The number of sulfonamides is 1. The van der Waals surface area contributed by atoms with Gasteiger partial charge in [-0.15, -0.1) is 21.5 Å². The Kier molecular flexibility index (Phi) is 4.16. The van der Waals surface area contributed by atoms with Crippen LogP contribution in [0.25, 0.3) is 0 Å². The highest BCUT2D eigenvalue weighted by Crippen LogP contribution is 2.22. The third-order valence-electron chi connectivity index (χ3n) is 2.45. The quantitative estimate of drug-likeness (QED) is 0.774. The molecule has 2 rings (SSSR count). The van der Waals surface area contributed by atoms with Gasteiger partial charge in [-0.3, -0.25) is 4.79 Å². The average Bonchev–Trinajstić information content (AvgIpc) is 2.95. The lowest BCUT2D eigenvalue weighted by Gasteiger charge is -2.03. The van der Waals surface area contributed by atoms with E-state index in [9.17, 15) is 13.2 Å². The highest BCUT2D eigenvalue weighted by Gasteiger charge is 2.18. The van der Waals surface area contributed by atoms with Gasteiger partial charge in [-0.2, -0.15) is 0 Å². The van der Waals surface area contributed by atoms with Gasteiger partial charge in [0, 0.05) is 11.9 Å². The van der Waals surface area contributed by atoms with E-state index in [4.69, 9.17) is 5.11 Å². The third-order valence-corrected chi connectivity index (χ3v) is 5.43. The molecule has 0 fully saturated rings. The van der Waals surface area contributed by atoms with Crippen LogP contribution in [0.2, 0.25) is 0 Å². The molecule has 0 aliphatic carbocycles. The van der Waals surface area contributed by atoms with E-state index in [-0.39, 0.29) is 17.2 Å². The number of nitrogens with zero attached hydrogens (tertiary/aromatic N) is 3. The smallest absolute Gasteiger partial charge is 0.308 e. The second kappa shape index (κ2) is 5.69. The number of thiophene rings is 1. The Bertz CT molecular complexity index is 719. The number of aryl methyl sites for hydroxylation is 1. The number of nitrogens with one attached hydrogen (secondary N) is 1. The van der Waals surface area contributed by atoms with Crippen molar-refractivity contribution in [3.05, 3.63) is 29.2 Å². The van der Waals surface area contributed by atoms with Crippen molar-refractivity contribution in [1.29, 1.82) is 0 Å². The molecule has 2 N–H and O–H groups in total. The summed E-state index contributed by atoms with van der Waals surface area (Å²) in [5.74, 6) is -0.515. The standard InChI is InChI=1S/C10H12N4O4S2/c1-14-6-11-13-8(14)5-12-20(17,18)10-3-2-7(19-10)4-9(15)16/h2-3,6,12H,4-5H2,1H3,(H,15,16). The zero-order valence-corrected chi connectivity index (χ0v) is 12.1. The van der Waals surface area contributed by atoms with E-state index in [1.807, 2.05) is 0 Å². The topological polar surface area (TPSA) is 114 Å². The Balaban J connectivity index is 2.08. The van der Waals surface area contributed by atoms with E-state index in [0.717, 1.165) is 11.3 Å². The summed E-state index contributed by atoms with van der Waals surface area (Å²) in [4.78, 5) is 11.1. The number of aromatic nitrogens is 3. The zero-order valence-electron chi connectivity index (χ0n) is 10.5. The summed E-state index contributed by atoms with van der Waals surface area (Å²) in [7, 11) is -1.97. The zero-order chi connectivity index (χ0) is 14.8. The number of aliphatic carboxylic acids is 1. The first kappa shape index (κ1) is 14.6. The fourth-order valence-electron chi connectivity index (χ4n) is 1.44. The van der Waals surface area contributed by atoms with E-state index in [2.05, 4.69) is 14.9 Å². The average molecular weight is 316 g/mol. The number of hydrogen-bond acceptors (Lipinski definition) is 6. The van der Waals surface area contributed by atoms with Crippen molar-refractivity contribution in [2.24, 2.45) is 7.05 Å².